The number of carbonyl (C=O) groups is 1. The van der Waals surface area contributed by atoms with Gasteiger partial charge in [0.05, 0.1) is 12.0 Å². The van der Waals surface area contributed by atoms with Crippen molar-refractivity contribution in [2.75, 3.05) is 5.32 Å². The van der Waals surface area contributed by atoms with Gasteiger partial charge in [0.2, 0.25) is 5.95 Å². The fourth-order valence-corrected chi connectivity index (χ4v) is 4.32. The number of nitrogens with one attached hydrogen (secondary N) is 1. The van der Waals surface area contributed by atoms with Gasteiger partial charge < -0.3 is 5.32 Å². The maximum Gasteiger partial charge on any atom is 0.226 e. The third-order valence-corrected chi connectivity index (χ3v) is 5.62. The van der Waals surface area contributed by atoms with Crippen LogP contribution in [-0.4, -0.2) is 20.5 Å². The van der Waals surface area contributed by atoms with Crippen LogP contribution < -0.4 is 5.32 Å². The van der Waals surface area contributed by atoms with Crippen molar-refractivity contribution in [2.24, 2.45) is 5.92 Å². The van der Waals surface area contributed by atoms with Gasteiger partial charge in [0.25, 0.3) is 0 Å². The second-order valence-electron chi connectivity index (χ2n) is 7.08. The normalized spacial score (nSPS) is 23.4. The first-order chi connectivity index (χ1) is 13.6. The molecule has 0 fully saturated rings. The Morgan fingerprint density at radius 1 is 1.14 bits per heavy atom. The molecule has 3 atom stereocenters. The summed E-state index contributed by atoms with van der Waals surface area (Å²) in [7, 11) is 0. The number of allylic oxidation sites excluding steroid dienone is 2. The fourth-order valence-electron chi connectivity index (χ4n) is 4.12. The van der Waals surface area contributed by atoms with Gasteiger partial charge in [-0.15, -0.1) is 0 Å². The van der Waals surface area contributed by atoms with E-state index in [2.05, 4.69) is 21.5 Å². The lowest BCUT2D eigenvalue weighted by Crippen LogP contribution is -2.40. The molecule has 1 aliphatic heterocycles. The number of anilines is 1. The molecule has 1 aromatic heterocycles. The van der Waals surface area contributed by atoms with Crippen molar-refractivity contribution in [1.29, 1.82) is 0 Å². The van der Waals surface area contributed by atoms with Gasteiger partial charge in [-0.05, 0) is 35.4 Å². The number of benzene rings is 2. The third kappa shape index (κ3) is 2.81. The average Bonchev–Trinajstić information content (AvgIpc) is 3.15. The summed E-state index contributed by atoms with van der Waals surface area (Å²) in [6, 6.07) is 13.5. The van der Waals surface area contributed by atoms with E-state index < -0.39 is 5.92 Å². The fraction of sp³-hybridized carbons (Fsp3) is 0.190. The molecule has 1 N–H and O–H groups in total. The molecule has 1 aliphatic carbocycles. The van der Waals surface area contributed by atoms with Crippen molar-refractivity contribution in [1.82, 2.24) is 14.8 Å². The Morgan fingerprint density at radius 2 is 1.96 bits per heavy atom. The second kappa shape index (κ2) is 6.56. The highest BCUT2D eigenvalue weighted by Gasteiger charge is 2.43. The Morgan fingerprint density at radius 3 is 2.75 bits per heavy atom. The highest BCUT2D eigenvalue weighted by molar-refractivity contribution is 6.30. The van der Waals surface area contributed by atoms with Crippen LogP contribution in [0, 0.1) is 11.7 Å². The van der Waals surface area contributed by atoms with E-state index in [-0.39, 0.29) is 23.6 Å². The summed E-state index contributed by atoms with van der Waals surface area (Å²) in [5, 5.41) is 8.20. The van der Waals surface area contributed by atoms with Gasteiger partial charge in [0, 0.05) is 23.1 Å². The van der Waals surface area contributed by atoms with Gasteiger partial charge in [0.1, 0.15) is 17.9 Å². The van der Waals surface area contributed by atoms with Gasteiger partial charge in [-0.3, -0.25) is 4.79 Å². The third-order valence-electron chi connectivity index (χ3n) is 5.38. The maximum atomic E-state index is 13.3. The molecule has 0 amide bonds. The zero-order valence-electron chi connectivity index (χ0n) is 14.7. The van der Waals surface area contributed by atoms with Gasteiger partial charge in [-0.2, -0.15) is 10.1 Å². The van der Waals surface area contributed by atoms with Crippen LogP contribution in [0.4, 0.5) is 10.3 Å². The number of ketones is 1. The first kappa shape index (κ1) is 17.1. The van der Waals surface area contributed by atoms with E-state index in [1.165, 1.54) is 18.5 Å². The Bertz CT molecular complexity index is 1090. The summed E-state index contributed by atoms with van der Waals surface area (Å²) < 4.78 is 15.0. The lowest BCUT2D eigenvalue weighted by molar-refractivity contribution is -0.123. The summed E-state index contributed by atoms with van der Waals surface area (Å²) in [4.78, 5) is 17.5. The van der Waals surface area contributed by atoms with Crippen LogP contribution in [0.15, 0.2) is 66.6 Å². The number of aromatic nitrogens is 3. The molecule has 0 unspecified atom stereocenters. The summed E-state index contributed by atoms with van der Waals surface area (Å²) >= 11 is 6.20. The number of carbonyl (C=O) groups excluding carboxylic acids is 1. The molecule has 5 rings (SSSR count). The number of fused-ring (bicyclic) bond motifs is 2. The van der Waals surface area contributed by atoms with Crippen LogP contribution in [0.25, 0.3) is 0 Å². The molecule has 0 radical (unpaired) electrons. The molecule has 7 heteroatoms. The minimum atomic E-state index is -0.399. The van der Waals surface area contributed by atoms with Gasteiger partial charge >= 0.3 is 0 Å². The van der Waals surface area contributed by atoms with E-state index in [1.807, 2.05) is 18.2 Å². The van der Waals surface area contributed by atoms with Crippen molar-refractivity contribution < 1.29 is 9.18 Å². The molecule has 2 heterocycles. The summed E-state index contributed by atoms with van der Waals surface area (Å²) in [5.41, 5.74) is 2.62. The van der Waals surface area contributed by atoms with Crippen molar-refractivity contribution >= 4 is 23.3 Å². The smallest absolute Gasteiger partial charge is 0.226 e. The highest BCUT2D eigenvalue weighted by atomic mass is 35.5. The van der Waals surface area contributed by atoms with Crippen molar-refractivity contribution in [3.8, 4) is 0 Å². The lowest BCUT2D eigenvalue weighted by atomic mass is 9.76. The molecule has 2 aromatic carbocycles. The molecule has 5 nitrogen and oxygen atoms in total. The van der Waals surface area contributed by atoms with E-state index >= 15 is 0 Å². The van der Waals surface area contributed by atoms with E-state index in [0.29, 0.717) is 17.4 Å². The summed E-state index contributed by atoms with van der Waals surface area (Å²) in [6.45, 7) is 0. The summed E-state index contributed by atoms with van der Waals surface area (Å²) in [6.07, 6.45) is 3.87. The molecule has 28 heavy (non-hydrogen) atoms. The molecular formula is C21H16ClFN4O. The number of rotatable bonds is 2. The molecule has 0 bridgehead atoms. The van der Waals surface area contributed by atoms with Crippen LogP contribution in [0.3, 0.4) is 0 Å². The first-order valence-corrected chi connectivity index (χ1v) is 9.40. The molecule has 0 spiro atoms. The Hall–Kier alpha value is -2.99. The quantitative estimate of drug-likeness (QED) is 0.702. The van der Waals surface area contributed by atoms with Gasteiger partial charge in [0.15, 0.2) is 0 Å². The zero-order valence-corrected chi connectivity index (χ0v) is 15.5. The predicted molar refractivity (Wildman–Crippen MR) is 104 cm³/mol. The monoisotopic (exact) mass is 394 g/mol. The van der Waals surface area contributed by atoms with Crippen LogP contribution in [0.5, 0.6) is 0 Å². The average molecular weight is 395 g/mol. The Kier molecular flexibility index (Phi) is 4.02. The molecular weight excluding hydrogens is 379 g/mol. The predicted octanol–water partition coefficient (Wildman–Crippen LogP) is 4.34. The number of hydrogen-bond acceptors (Lipinski definition) is 4. The topological polar surface area (TPSA) is 59.8 Å². The minimum Gasteiger partial charge on any atom is -0.328 e. The van der Waals surface area contributed by atoms with Crippen LogP contribution in [0.1, 0.15) is 29.5 Å². The van der Waals surface area contributed by atoms with Crippen LogP contribution >= 0.6 is 11.6 Å². The number of halogens is 2. The first-order valence-electron chi connectivity index (χ1n) is 9.02. The molecule has 140 valence electrons. The van der Waals surface area contributed by atoms with E-state index in [4.69, 9.17) is 11.6 Å². The largest absolute Gasteiger partial charge is 0.328 e. The summed E-state index contributed by atoms with van der Waals surface area (Å²) in [5.74, 6) is -0.113. The van der Waals surface area contributed by atoms with E-state index in [1.54, 1.807) is 22.9 Å². The Labute approximate surface area is 165 Å². The van der Waals surface area contributed by atoms with Crippen molar-refractivity contribution in [2.45, 2.75) is 18.4 Å². The zero-order chi connectivity index (χ0) is 19.3. The standard InChI is InChI=1S/C21H16ClFN4O/c22-15-3-1-2-13(8-15)20-19-17(26-21-24-11-25-27(20)21)9-14(10-18(19)28)12-4-6-16(23)7-5-12/h1-9,11,14,19-20H,10H2,(H,24,25,26)/t14-,19-,20-/m0/s1. The van der Waals surface area contributed by atoms with Crippen LogP contribution in [-0.2, 0) is 4.79 Å². The van der Waals surface area contributed by atoms with E-state index in [0.717, 1.165) is 16.8 Å². The number of nitrogens with zero attached hydrogens (tertiary/aromatic N) is 3. The minimum absolute atomic E-state index is 0.102. The second-order valence-corrected chi connectivity index (χ2v) is 7.52. The number of Topliss-reactive ketones (excluding diaryl/α,β-unsaturated/α-hetero) is 1. The highest BCUT2D eigenvalue weighted by Crippen LogP contribution is 2.44. The molecule has 2 aliphatic rings. The van der Waals surface area contributed by atoms with Crippen LogP contribution in [0.2, 0.25) is 5.02 Å². The Balaban J connectivity index is 1.61. The van der Waals surface area contributed by atoms with Crippen molar-refractivity contribution in [3.05, 3.63) is 88.6 Å². The van der Waals surface area contributed by atoms with Gasteiger partial charge in [-0.1, -0.05) is 41.9 Å². The molecule has 0 saturated carbocycles. The number of hydrogen-bond donors (Lipinski definition) is 1. The van der Waals surface area contributed by atoms with Gasteiger partial charge in [-0.25, -0.2) is 9.07 Å². The van der Waals surface area contributed by atoms with Crippen molar-refractivity contribution in [3.63, 3.8) is 0 Å². The SMILES string of the molecule is O=C1C[C@@H](c2ccc(F)cc2)C=C2Nc3ncnn3[C@@H](c3cccc(Cl)c3)[C@H]12. The molecule has 3 aromatic rings. The lowest BCUT2D eigenvalue weighted by Gasteiger charge is -2.38. The maximum absolute atomic E-state index is 13.3. The molecule has 0 saturated heterocycles. The van der Waals surface area contributed by atoms with E-state index in [9.17, 15) is 9.18 Å².